The number of carboxylic acid groups (broad SMARTS) is 1. The molecule has 1 N–H and O–H groups in total. The summed E-state index contributed by atoms with van der Waals surface area (Å²) in [6, 6.07) is 4.47. The molecule has 1 aromatic carbocycles. The maximum atomic E-state index is 11.8. The molecule has 1 saturated carbocycles. The number of hydrogen-bond donors (Lipinski definition) is 1. The Balaban J connectivity index is 2.39. The van der Waals surface area contributed by atoms with Crippen LogP contribution in [0.1, 0.15) is 38.2 Å². The first kappa shape index (κ1) is 15.8. The standard InChI is InChI=1S/C15H18ClNO4/c1-10-5-7-15(8-6-10,14(18)19)9-11-12(16)3-2-4-13(11)17(20)21/h2-4,10H,5-9H2,1H3,(H,18,19). The summed E-state index contributed by atoms with van der Waals surface area (Å²) in [5.41, 5.74) is -0.703. The SMILES string of the molecule is CC1CCC(Cc2c(Cl)cccc2[N+](=O)[O-])(C(=O)O)CC1. The van der Waals surface area contributed by atoms with Crippen molar-refractivity contribution < 1.29 is 14.8 Å². The summed E-state index contributed by atoms with van der Waals surface area (Å²) in [5, 5.41) is 21.1. The zero-order valence-electron chi connectivity index (χ0n) is 11.8. The van der Waals surface area contributed by atoms with Gasteiger partial charge in [-0.3, -0.25) is 14.9 Å². The van der Waals surface area contributed by atoms with Crippen LogP contribution in [-0.2, 0) is 11.2 Å². The number of halogens is 1. The second-order valence-corrected chi connectivity index (χ2v) is 6.35. The molecule has 2 rings (SSSR count). The van der Waals surface area contributed by atoms with E-state index in [2.05, 4.69) is 6.92 Å². The Morgan fingerprint density at radius 1 is 1.48 bits per heavy atom. The van der Waals surface area contributed by atoms with E-state index in [-0.39, 0.29) is 17.1 Å². The summed E-state index contributed by atoms with van der Waals surface area (Å²) in [6.45, 7) is 2.10. The normalized spacial score (nSPS) is 25.5. The third kappa shape index (κ3) is 3.18. The second kappa shape index (κ2) is 6.02. The summed E-state index contributed by atoms with van der Waals surface area (Å²) < 4.78 is 0. The molecule has 0 radical (unpaired) electrons. The summed E-state index contributed by atoms with van der Waals surface area (Å²) in [5.74, 6) is -0.387. The van der Waals surface area contributed by atoms with E-state index in [9.17, 15) is 20.0 Å². The number of aliphatic carboxylic acids is 1. The van der Waals surface area contributed by atoms with Gasteiger partial charge in [-0.05, 0) is 44.1 Å². The largest absolute Gasteiger partial charge is 0.481 e. The first-order chi connectivity index (χ1) is 9.85. The maximum absolute atomic E-state index is 11.8. The fourth-order valence-electron chi connectivity index (χ4n) is 3.01. The Morgan fingerprint density at radius 2 is 2.10 bits per heavy atom. The van der Waals surface area contributed by atoms with Gasteiger partial charge in [0.2, 0.25) is 0 Å². The molecular weight excluding hydrogens is 294 g/mol. The summed E-state index contributed by atoms with van der Waals surface area (Å²) in [4.78, 5) is 22.4. The molecule has 1 fully saturated rings. The summed E-state index contributed by atoms with van der Waals surface area (Å²) >= 11 is 6.09. The predicted molar refractivity (Wildman–Crippen MR) is 79.5 cm³/mol. The van der Waals surface area contributed by atoms with Gasteiger partial charge in [-0.1, -0.05) is 24.6 Å². The number of nitrogens with zero attached hydrogens (tertiary/aromatic N) is 1. The Kier molecular flexibility index (Phi) is 4.52. The Bertz CT molecular complexity index is 565. The van der Waals surface area contributed by atoms with Crippen molar-refractivity contribution in [3.05, 3.63) is 38.9 Å². The number of carboxylic acids is 1. The Hall–Kier alpha value is -1.62. The molecular formula is C15H18ClNO4. The minimum Gasteiger partial charge on any atom is -0.481 e. The van der Waals surface area contributed by atoms with Crippen molar-refractivity contribution in [2.45, 2.75) is 39.0 Å². The van der Waals surface area contributed by atoms with Crippen LogP contribution < -0.4 is 0 Å². The average molecular weight is 312 g/mol. The summed E-state index contributed by atoms with van der Waals surface area (Å²) in [6.07, 6.45) is 2.83. The number of hydrogen-bond acceptors (Lipinski definition) is 3. The van der Waals surface area contributed by atoms with E-state index in [1.54, 1.807) is 6.07 Å². The smallest absolute Gasteiger partial charge is 0.309 e. The van der Waals surface area contributed by atoms with Crippen molar-refractivity contribution in [1.82, 2.24) is 0 Å². The molecule has 114 valence electrons. The van der Waals surface area contributed by atoms with Gasteiger partial charge in [0.05, 0.1) is 15.4 Å². The molecule has 0 aliphatic heterocycles. The molecule has 0 unspecified atom stereocenters. The van der Waals surface area contributed by atoms with Crippen LogP contribution in [0, 0.1) is 21.4 Å². The van der Waals surface area contributed by atoms with Gasteiger partial charge >= 0.3 is 5.97 Å². The Labute approximate surface area is 128 Å². The molecule has 1 aliphatic rings. The van der Waals surface area contributed by atoms with Crippen molar-refractivity contribution in [1.29, 1.82) is 0 Å². The Morgan fingerprint density at radius 3 is 2.62 bits per heavy atom. The number of rotatable bonds is 4. The van der Waals surface area contributed by atoms with E-state index in [1.807, 2.05) is 0 Å². The number of nitro benzene ring substituents is 1. The molecule has 0 amide bonds. The second-order valence-electron chi connectivity index (χ2n) is 5.94. The van der Waals surface area contributed by atoms with Gasteiger partial charge in [0.1, 0.15) is 0 Å². The van der Waals surface area contributed by atoms with Crippen molar-refractivity contribution >= 4 is 23.3 Å². The van der Waals surface area contributed by atoms with Gasteiger partial charge in [0.15, 0.2) is 0 Å². The van der Waals surface area contributed by atoms with Crippen LogP contribution in [0.4, 0.5) is 5.69 Å². The molecule has 0 atom stereocenters. The van der Waals surface area contributed by atoms with E-state index < -0.39 is 16.3 Å². The first-order valence-electron chi connectivity index (χ1n) is 7.01. The van der Waals surface area contributed by atoms with Crippen molar-refractivity contribution in [2.75, 3.05) is 0 Å². The van der Waals surface area contributed by atoms with Gasteiger partial charge in [-0.25, -0.2) is 0 Å². The van der Waals surface area contributed by atoms with Crippen LogP contribution in [0.25, 0.3) is 0 Å². The van der Waals surface area contributed by atoms with E-state index in [4.69, 9.17) is 11.6 Å². The highest BCUT2D eigenvalue weighted by atomic mass is 35.5. The highest BCUT2D eigenvalue weighted by Gasteiger charge is 2.43. The predicted octanol–water partition coefficient (Wildman–Crippen LogP) is 4.07. The summed E-state index contributed by atoms with van der Waals surface area (Å²) in [7, 11) is 0. The molecule has 0 heterocycles. The first-order valence-corrected chi connectivity index (χ1v) is 7.39. The molecule has 5 nitrogen and oxygen atoms in total. The zero-order chi connectivity index (χ0) is 15.6. The molecule has 1 aromatic rings. The molecule has 1 aliphatic carbocycles. The lowest BCUT2D eigenvalue weighted by atomic mass is 9.67. The van der Waals surface area contributed by atoms with Crippen LogP contribution in [0.5, 0.6) is 0 Å². The quantitative estimate of drug-likeness (QED) is 0.671. The van der Waals surface area contributed by atoms with Crippen molar-refractivity contribution in [3.63, 3.8) is 0 Å². The lowest BCUT2D eigenvalue weighted by molar-refractivity contribution is -0.385. The van der Waals surface area contributed by atoms with Gasteiger partial charge in [-0.2, -0.15) is 0 Å². The van der Waals surface area contributed by atoms with Crippen molar-refractivity contribution in [3.8, 4) is 0 Å². The minimum atomic E-state index is -0.942. The highest BCUT2D eigenvalue weighted by molar-refractivity contribution is 6.31. The molecule has 0 aromatic heterocycles. The van der Waals surface area contributed by atoms with Crippen LogP contribution in [0.15, 0.2) is 18.2 Å². The third-order valence-corrected chi connectivity index (χ3v) is 4.85. The topological polar surface area (TPSA) is 80.4 Å². The highest BCUT2D eigenvalue weighted by Crippen LogP contribution is 2.44. The van der Waals surface area contributed by atoms with Crippen LogP contribution in [0.3, 0.4) is 0 Å². The third-order valence-electron chi connectivity index (χ3n) is 4.49. The van der Waals surface area contributed by atoms with Crippen LogP contribution in [0.2, 0.25) is 5.02 Å². The molecule has 6 heteroatoms. The van der Waals surface area contributed by atoms with Crippen LogP contribution >= 0.6 is 11.6 Å². The number of benzene rings is 1. The molecule has 0 spiro atoms. The van der Waals surface area contributed by atoms with Gasteiger partial charge < -0.3 is 5.11 Å². The van der Waals surface area contributed by atoms with Gasteiger partial charge in [-0.15, -0.1) is 0 Å². The van der Waals surface area contributed by atoms with Crippen LogP contribution in [-0.4, -0.2) is 16.0 Å². The van der Waals surface area contributed by atoms with E-state index in [0.29, 0.717) is 24.3 Å². The minimum absolute atomic E-state index is 0.0956. The van der Waals surface area contributed by atoms with E-state index >= 15 is 0 Å². The average Bonchev–Trinajstić information content (AvgIpc) is 2.43. The van der Waals surface area contributed by atoms with Crippen molar-refractivity contribution in [2.24, 2.45) is 11.3 Å². The number of carbonyl (C=O) groups is 1. The van der Waals surface area contributed by atoms with E-state index in [1.165, 1.54) is 12.1 Å². The maximum Gasteiger partial charge on any atom is 0.309 e. The zero-order valence-corrected chi connectivity index (χ0v) is 12.6. The lowest BCUT2D eigenvalue weighted by Crippen LogP contribution is -2.37. The lowest BCUT2D eigenvalue weighted by Gasteiger charge is -2.36. The van der Waals surface area contributed by atoms with Gasteiger partial charge in [0, 0.05) is 11.6 Å². The monoisotopic (exact) mass is 311 g/mol. The fraction of sp³-hybridized carbons (Fsp3) is 0.533. The molecule has 21 heavy (non-hydrogen) atoms. The number of nitro groups is 1. The van der Waals surface area contributed by atoms with E-state index in [0.717, 1.165) is 12.8 Å². The molecule has 0 saturated heterocycles. The van der Waals surface area contributed by atoms with Gasteiger partial charge in [0.25, 0.3) is 5.69 Å². The molecule has 0 bridgehead atoms. The fourth-order valence-corrected chi connectivity index (χ4v) is 3.25.